The van der Waals surface area contributed by atoms with Gasteiger partial charge in [-0.2, -0.15) is 0 Å². The number of likely N-dealkylation sites (N-methyl/N-ethyl adjacent to an activating group) is 1. The highest BCUT2D eigenvalue weighted by Gasteiger charge is 2.24. The van der Waals surface area contributed by atoms with Gasteiger partial charge in [0, 0.05) is 32.4 Å². The van der Waals surface area contributed by atoms with Crippen LogP contribution in [0.4, 0.5) is 0 Å². The minimum Gasteiger partial charge on any atom is -0.347 e. The van der Waals surface area contributed by atoms with Crippen LogP contribution in [0.25, 0.3) is 0 Å². The molecular weight excluding hydrogens is 238 g/mol. The Morgan fingerprint density at radius 2 is 2.29 bits per heavy atom. The summed E-state index contributed by atoms with van der Waals surface area (Å²) in [5.74, 6) is 0.146. The molecule has 1 aromatic heterocycles. The molecule has 1 fully saturated rings. The second-order valence-corrected chi connectivity index (χ2v) is 4.38. The van der Waals surface area contributed by atoms with E-state index >= 15 is 0 Å². The molecule has 1 aliphatic rings. The number of aromatic nitrogens is 1. The van der Waals surface area contributed by atoms with E-state index in [0.717, 1.165) is 31.6 Å². The number of nitrogens with one attached hydrogen (secondary N) is 1. The number of carbonyl (C=O) groups is 1. The zero-order valence-electron chi connectivity index (χ0n) is 10.3. The molecule has 0 saturated carbocycles. The van der Waals surface area contributed by atoms with Gasteiger partial charge in [0.05, 0.1) is 0 Å². The van der Waals surface area contributed by atoms with Gasteiger partial charge >= 0.3 is 0 Å². The molecule has 2 rings (SSSR count). The molecule has 0 aliphatic carbocycles. The van der Waals surface area contributed by atoms with Crippen LogP contribution in [0.15, 0.2) is 18.3 Å². The summed E-state index contributed by atoms with van der Waals surface area (Å²) in [4.78, 5) is 14.2. The molecule has 17 heavy (non-hydrogen) atoms. The minimum atomic E-state index is 0. The zero-order valence-corrected chi connectivity index (χ0v) is 11.2. The van der Waals surface area contributed by atoms with E-state index < -0.39 is 0 Å². The fourth-order valence-corrected chi connectivity index (χ4v) is 2.24. The van der Waals surface area contributed by atoms with E-state index in [1.807, 2.05) is 41.9 Å². The highest BCUT2D eigenvalue weighted by molar-refractivity contribution is 5.92. The lowest BCUT2D eigenvalue weighted by atomic mass is 10.1. The lowest BCUT2D eigenvalue weighted by Gasteiger charge is -2.32. The number of likely N-dealkylation sites (tertiary alicyclic amines) is 1. The Kier molecular flexibility index (Phi) is 5.02. The normalized spacial score (nSPS) is 19.9. The molecule has 1 amide bonds. The van der Waals surface area contributed by atoms with Crippen molar-refractivity contribution in [3.05, 3.63) is 24.0 Å². The molecule has 1 saturated heterocycles. The average molecular weight is 258 g/mol. The number of rotatable bonds is 2. The molecular formula is C12H20ClN3O. The number of aryl methyl sites for hydroxylation is 1. The van der Waals surface area contributed by atoms with Gasteiger partial charge in [-0.25, -0.2) is 0 Å². The molecule has 5 heteroatoms. The van der Waals surface area contributed by atoms with Gasteiger partial charge in [-0.05, 0) is 32.0 Å². The van der Waals surface area contributed by atoms with Crippen molar-refractivity contribution in [1.29, 1.82) is 0 Å². The molecule has 4 nitrogen and oxygen atoms in total. The standard InChI is InChI=1S/C12H19N3O.ClH/c1-13-10-5-3-8-15(9-10)12(16)11-6-4-7-14(11)2;/h4,6-7,10,13H,3,5,8-9H2,1-2H3;1H. The Hall–Kier alpha value is -1.00. The van der Waals surface area contributed by atoms with Gasteiger partial charge in [-0.3, -0.25) is 4.79 Å². The van der Waals surface area contributed by atoms with Crippen molar-refractivity contribution in [2.75, 3.05) is 20.1 Å². The first-order valence-corrected chi connectivity index (χ1v) is 5.80. The van der Waals surface area contributed by atoms with Crippen molar-refractivity contribution in [1.82, 2.24) is 14.8 Å². The maximum atomic E-state index is 12.2. The summed E-state index contributed by atoms with van der Waals surface area (Å²) in [6, 6.07) is 4.23. The Bertz CT molecular complexity index is 378. The van der Waals surface area contributed by atoms with Crippen molar-refractivity contribution in [2.45, 2.75) is 18.9 Å². The van der Waals surface area contributed by atoms with Crippen LogP contribution in [0.5, 0.6) is 0 Å². The first kappa shape index (κ1) is 14.1. The predicted molar refractivity (Wildman–Crippen MR) is 70.6 cm³/mol. The van der Waals surface area contributed by atoms with Crippen LogP contribution in [-0.4, -0.2) is 41.6 Å². The molecule has 0 bridgehead atoms. The molecule has 1 N–H and O–H groups in total. The third-order valence-electron chi connectivity index (χ3n) is 3.28. The fraction of sp³-hybridized carbons (Fsp3) is 0.583. The summed E-state index contributed by atoms with van der Waals surface area (Å²) in [5.41, 5.74) is 0.775. The first-order valence-electron chi connectivity index (χ1n) is 5.80. The molecule has 1 aliphatic heterocycles. The van der Waals surface area contributed by atoms with E-state index in [4.69, 9.17) is 0 Å². The second-order valence-electron chi connectivity index (χ2n) is 4.38. The highest BCUT2D eigenvalue weighted by Crippen LogP contribution is 2.13. The van der Waals surface area contributed by atoms with Gasteiger partial charge in [-0.15, -0.1) is 12.4 Å². The third-order valence-corrected chi connectivity index (χ3v) is 3.28. The lowest BCUT2D eigenvalue weighted by Crippen LogP contribution is -2.47. The highest BCUT2D eigenvalue weighted by atomic mass is 35.5. The molecule has 0 spiro atoms. The monoisotopic (exact) mass is 257 g/mol. The first-order chi connectivity index (χ1) is 7.72. The van der Waals surface area contributed by atoms with E-state index in [1.165, 1.54) is 0 Å². The summed E-state index contributed by atoms with van der Waals surface area (Å²) >= 11 is 0. The van der Waals surface area contributed by atoms with Crippen LogP contribution in [0, 0.1) is 0 Å². The average Bonchev–Trinajstić information content (AvgIpc) is 2.74. The number of amides is 1. The van der Waals surface area contributed by atoms with Crippen molar-refractivity contribution in [3.8, 4) is 0 Å². The third kappa shape index (κ3) is 3.01. The number of carbonyl (C=O) groups excluding carboxylic acids is 1. The number of halogens is 1. The Morgan fingerprint density at radius 3 is 2.88 bits per heavy atom. The molecule has 2 heterocycles. The van der Waals surface area contributed by atoms with Gasteiger partial charge < -0.3 is 14.8 Å². The zero-order chi connectivity index (χ0) is 11.5. The maximum Gasteiger partial charge on any atom is 0.270 e. The van der Waals surface area contributed by atoms with E-state index in [2.05, 4.69) is 5.32 Å². The van der Waals surface area contributed by atoms with Crippen molar-refractivity contribution in [2.24, 2.45) is 7.05 Å². The number of hydrogen-bond acceptors (Lipinski definition) is 2. The SMILES string of the molecule is CNC1CCCN(C(=O)c2cccn2C)C1.Cl. The molecule has 0 radical (unpaired) electrons. The van der Waals surface area contributed by atoms with Crippen molar-refractivity contribution < 1.29 is 4.79 Å². The number of piperidine rings is 1. The molecule has 1 atom stereocenters. The predicted octanol–water partition coefficient (Wildman–Crippen LogP) is 1.27. The Balaban J connectivity index is 0.00000144. The molecule has 1 aromatic rings. The topological polar surface area (TPSA) is 37.3 Å². The lowest BCUT2D eigenvalue weighted by molar-refractivity contribution is 0.0688. The molecule has 96 valence electrons. The summed E-state index contributed by atoms with van der Waals surface area (Å²) < 4.78 is 1.88. The van der Waals surface area contributed by atoms with Gasteiger partial charge in [0.15, 0.2) is 0 Å². The van der Waals surface area contributed by atoms with Crippen LogP contribution >= 0.6 is 12.4 Å². The van der Waals surface area contributed by atoms with Crippen LogP contribution in [-0.2, 0) is 7.05 Å². The maximum absolute atomic E-state index is 12.2. The quantitative estimate of drug-likeness (QED) is 0.867. The van der Waals surface area contributed by atoms with Crippen LogP contribution in [0.1, 0.15) is 23.3 Å². The van der Waals surface area contributed by atoms with Crippen molar-refractivity contribution >= 4 is 18.3 Å². The van der Waals surface area contributed by atoms with E-state index in [1.54, 1.807) is 0 Å². The van der Waals surface area contributed by atoms with Crippen LogP contribution in [0.2, 0.25) is 0 Å². The van der Waals surface area contributed by atoms with Gasteiger partial charge in [-0.1, -0.05) is 0 Å². The Labute approximate surface area is 108 Å². The number of hydrogen-bond donors (Lipinski definition) is 1. The number of nitrogens with zero attached hydrogens (tertiary/aromatic N) is 2. The summed E-state index contributed by atoms with van der Waals surface area (Å²) in [6.07, 6.45) is 4.15. The van der Waals surface area contributed by atoms with E-state index in [-0.39, 0.29) is 18.3 Å². The summed E-state index contributed by atoms with van der Waals surface area (Å²) in [6.45, 7) is 1.70. The van der Waals surface area contributed by atoms with E-state index in [0.29, 0.717) is 6.04 Å². The smallest absolute Gasteiger partial charge is 0.270 e. The summed E-state index contributed by atoms with van der Waals surface area (Å²) in [7, 11) is 3.87. The fourth-order valence-electron chi connectivity index (χ4n) is 2.24. The molecule has 0 aromatic carbocycles. The Morgan fingerprint density at radius 1 is 1.53 bits per heavy atom. The second kappa shape index (κ2) is 6.07. The van der Waals surface area contributed by atoms with Crippen LogP contribution < -0.4 is 5.32 Å². The van der Waals surface area contributed by atoms with Gasteiger partial charge in [0.25, 0.3) is 5.91 Å². The van der Waals surface area contributed by atoms with Gasteiger partial charge in [0.1, 0.15) is 5.69 Å². The summed E-state index contributed by atoms with van der Waals surface area (Å²) in [5, 5.41) is 3.25. The minimum absolute atomic E-state index is 0. The van der Waals surface area contributed by atoms with Crippen molar-refractivity contribution in [3.63, 3.8) is 0 Å². The largest absolute Gasteiger partial charge is 0.347 e. The molecule has 1 unspecified atom stereocenters. The van der Waals surface area contributed by atoms with Crippen LogP contribution in [0.3, 0.4) is 0 Å². The van der Waals surface area contributed by atoms with Gasteiger partial charge in [0.2, 0.25) is 0 Å². The van der Waals surface area contributed by atoms with E-state index in [9.17, 15) is 4.79 Å².